The summed E-state index contributed by atoms with van der Waals surface area (Å²) in [6, 6.07) is 14.2. The van der Waals surface area contributed by atoms with Crippen LogP contribution in [0.1, 0.15) is 11.3 Å². The highest BCUT2D eigenvalue weighted by Crippen LogP contribution is 2.23. The maximum atomic E-state index is 11.0. The van der Waals surface area contributed by atoms with Crippen LogP contribution >= 0.6 is 12.2 Å². The summed E-state index contributed by atoms with van der Waals surface area (Å²) in [7, 11) is 0. The van der Waals surface area contributed by atoms with Crippen molar-refractivity contribution < 1.29 is 4.92 Å². The van der Waals surface area contributed by atoms with Gasteiger partial charge in [-0.2, -0.15) is 5.10 Å². The maximum Gasteiger partial charge on any atom is 0.292 e. The molecule has 0 spiro atoms. The number of nitro benzene ring substituents is 1. The SMILES string of the molecule is Cc1[nH]c2ccccc2c1/C=N/NC(=S)Nc1ccccc1[N+](=O)[O-]. The Kier molecular flexibility index (Phi) is 4.71. The molecule has 7 nitrogen and oxygen atoms in total. The number of nitro groups is 1. The number of nitrogens with one attached hydrogen (secondary N) is 3. The van der Waals surface area contributed by atoms with E-state index >= 15 is 0 Å². The van der Waals surface area contributed by atoms with Crippen LogP contribution < -0.4 is 10.7 Å². The molecule has 0 saturated heterocycles. The molecular formula is C17H15N5O2S. The molecule has 0 bridgehead atoms. The van der Waals surface area contributed by atoms with E-state index in [0.29, 0.717) is 5.69 Å². The van der Waals surface area contributed by atoms with Gasteiger partial charge in [0.2, 0.25) is 0 Å². The van der Waals surface area contributed by atoms with E-state index in [-0.39, 0.29) is 10.8 Å². The second-order valence-electron chi connectivity index (χ2n) is 5.31. The van der Waals surface area contributed by atoms with E-state index in [1.165, 1.54) is 6.07 Å². The molecule has 0 saturated carbocycles. The summed E-state index contributed by atoms with van der Waals surface area (Å²) < 4.78 is 0. The van der Waals surface area contributed by atoms with E-state index in [1.807, 2.05) is 31.2 Å². The molecule has 8 heteroatoms. The number of aryl methyl sites for hydroxylation is 1. The number of aromatic amines is 1. The molecule has 0 unspecified atom stereocenters. The normalized spacial score (nSPS) is 10.9. The van der Waals surface area contributed by atoms with Gasteiger partial charge in [-0.3, -0.25) is 15.5 Å². The van der Waals surface area contributed by atoms with E-state index in [1.54, 1.807) is 24.4 Å². The van der Waals surface area contributed by atoms with Crippen LogP contribution in [0.3, 0.4) is 0 Å². The van der Waals surface area contributed by atoms with Crippen LogP contribution in [0.5, 0.6) is 0 Å². The Morgan fingerprint density at radius 3 is 2.76 bits per heavy atom. The number of hydrogen-bond acceptors (Lipinski definition) is 4. The summed E-state index contributed by atoms with van der Waals surface area (Å²) in [6.07, 6.45) is 1.67. The van der Waals surface area contributed by atoms with Gasteiger partial charge in [0.15, 0.2) is 5.11 Å². The molecule has 0 fully saturated rings. The average Bonchev–Trinajstić information content (AvgIpc) is 2.91. The number of benzene rings is 2. The highest BCUT2D eigenvalue weighted by molar-refractivity contribution is 7.80. The van der Waals surface area contributed by atoms with Crippen LogP contribution in [0.25, 0.3) is 10.9 Å². The van der Waals surface area contributed by atoms with Gasteiger partial charge in [-0.1, -0.05) is 30.3 Å². The molecule has 0 aliphatic carbocycles. The zero-order valence-electron chi connectivity index (χ0n) is 13.3. The Morgan fingerprint density at radius 2 is 1.96 bits per heavy atom. The van der Waals surface area contributed by atoms with Gasteiger partial charge in [-0.25, -0.2) is 0 Å². The monoisotopic (exact) mass is 353 g/mol. The number of rotatable bonds is 4. The lowest BCUT2D eigenvalue weighted by molar-refractivity contribution is -0.383. The zero-order valence-corrected chi connectivity index (χ0v) is 14.1. The summed E-state index contributed by atoms with van der Waals surface area (Å²) in [5, 5.41) is 19.1. The third-order valence-corrected chi connectivity index (χ3v) is 3.85. The van der Waals surface area contributed by atoms with Crippen LogP contribution in [-0.2, 0) is 0 Å². The van der Waals surface area contributed by atoms with Crippen LogP contribution in [-0.4, -0.2) is 21.2 Å². The van der Waals surface area contributed by atoms with E-state index in [4.69, 9.17) is 12.2 Å². The molecule has 0 aliphatic heterocycles. The summed E-state index contributed by atoms with van der Waals surface area (Å²) in [5.74, 6) is 0. The minimum atomic E-state index is -0.469. The Hall–Kier alpha value is -3.26. The maximum absolute atomic E-state index is 11.0. The van der Waals surface area contributed by atoms with Gasteiger partial charge in [-0.15, -0.1) is 0 Å². The van der Waals surface area contributed by atoms with E-state index in [2.05, 4.69) is 20.8 Å². The number of para-hydroxylation sites is 3. The summed E-state index contributed by atoms with van der Waals surface area (Å²) in [4.78, 5) is 13.8. The molecule has 126 valence electrons. The molecule has 1 aromatic heterocycles. The van der Waals surface area contributed by atoms with Crippen molar-refractivity contribution in [2.45, 2.75) is 6.92 Å². The first-order chi connectivity index (χ1) is 12.1. The lowest BCUT2D eigenvalue weighted by Gasteiger charge is -2.07. The highest BCUT2D eigenvalue weighted by atomic mass is 32.1. The van der Waals surface area contributed by atoms with E-state index in [9.17, 15) is 10.1 Å². The Bertz CT molecular complexity index is 980. The molecule has 3 N–H and O–H groups in total. The van der Waals surface area contributed by atoms with Gasteiger partial charge >= 0.3 is 0 Å². The van der Waals surface area contributed by atoms with Crippen LogP contribution in [0.4, 0.5) is 11.4 Å². The minimum absolute atomic E-state index is 0.0527. The van der Waals surface area contributed by atoms with Gasteiger partial charge in [0.05, 0.1) is 11.1 Å². The number of thiocarbonyl (C=S) groups is 1. The van der Waals surface area contributed by atoms with Gasteiger partial charge in [0.1, 0.15) is 5.69 Å². The van der Waals surface area contributed by atoms with Crippen molar-refractivity contribution in [3.05, 3.63) is 69.9 Å². The standard InChI is InChI=1S/C17H15N5O2S/c1-11-13(12-6-2-3-7-14(12)19-11)10-18-21-17(25)20-15-8-4-5-9-16(15)22(23)24/h2-10,19H,1H3,(H2,20,21,25)/b18-10+. The zero-order chi connectivity index (χ0) is 17.8. The predicted octanol–water partition coefficient (Wildman–Crippen LogP) is 3.71. The number of hydrogen-bond donors (Lipinski definition) is 3. The first-order valence-electron chi connectivity index (χ1n) is 7.47. The van der Waals surface area contributed by atoms with Crippen molar-refractivity contribution in [2.24, 2.45) is 5.10 Å². The summed E-state index contributed by atoms with van der Waals surface area (Å²) >= 11 is 5.14. The molecule has 1 heterocycles. The smallest absolute Gasteiger partial charge is 0.292 e. The van der Waals surface area contributed by atoms with Gasteiger partial charge in [-0.05, 0) is 31.3 Å². The molecule has 3 aromatic rings. The highest BCUT2D eigenvalue weighted by Gasteiger charge is 2.13. The number of nitrogens with zero attached hydrogens (tertiary/aromatic N) is 2. The fourth-order valence-corrected chi connectivity index (χ4v) is 2.67. The summed E-state index contributed by atoms with van der Waals surface area (Å²) in [5.41, 5.74) is 5.91. The molecule has 0 amide bonds. The van der Waals surface area contributed by atoms with Crippen molar-refractivity contribution in [1.82, 2.24) is 10.4 Å². The van der Waals surface area contributed by atoms with Crippen LogP contribution in [0.2, 0.25) is 0 Å². The fraction of sp³-hybridized carbons (Fsp3) is 0.0588. The minimum Gasteiger partial charge on any atom is -0.358 e. The topological polar surface area (TPSA) is 95.3 Å². The van der Waals surface area contributed by atoms with Gasteiger partial charge < -0.3 is 10.3 Å². The van der Waals surface area contributed by atoms with Crippen molar-refractivity contribution in [3.8, 4) is 0 Å². The van der Waals surface area contributed by atoms with Crippen molar-refractivity contribution >= 4 is 45.8 Å². The van der Waals surface area contributed by atoms with E-state index in [0.717, 1.165) is 22.2 Å². The van der Waals surface area contributed by atoms with Gasteiger partial charge in [0, 0.05) is 28.2 Å². The second-order valence-corrected chi connectivity index (χ2v) is 5.72. The van der Waals surface area contributed by atoms with Crippen LogP contribution in [0.15, 0.2) is 53.6 Å². The summed E-state index contributed by atoms with van der Waals surface area (Å²) in [6.45, 7) is 1.96. The first-order valence-corrected chi connectivity index (χ1v) is 7.88. The van der Waals surface area contributed by atoms with Crippen molar-refractivity contribution in [3.63, 3.8) is 0 Å². The largest absolute Gasteiger partial charge is 0.358 e. The van der Waals surface area contributed by atoms with Crippen LogP contribution in [0, 0.1) is 17.0 Å². The van der Waals surface area contributed by atoms with Gasteiger partial charge in [0.25, 0.3) is 5.69 Å². The number of hydrazone groups is 1. The third-order valence-electron chi connectivity index (χ3n) is 3.65. The van der Waals surface area contributed by atoms with Crippen molar-refractivity contribution in [2.75, 3.05) is 5.32 Å². The Balaban J connectivity index is 1.71. The average molecular weight is 353 g/mol. The molecule has 0 radical (unpaired) electrons. The molecule has 2 aromatic carbocycles. The lowest BCUT2D eigenvalue weighted by Crippen LogP contribution is -2.24. The molecule has 25 heavy (non-hydrogen) atoms. The van der Waals surface area contributed by atoms with E-state index < -0.39 is 4.92 Å². The molecule has 3 rings (SSSR count). The Labute approximate surface area is 148 Å². The quantitative estimate of drug-likeness (QED) is 0.288. The number of fused-ring (bicyclic) bond motifs is 1. The third kappa shape index (κ3) is 3.64. The Morgan fingerprint density at radius 1 is 1.24 bits per heavy atom. The number of H-pyrrole nitrogens is 1. The second kappa shape index (κ2) is 7.10. The predicted molar refractivity (Wildman–Crippen MR) is 103 cm³/mol. The molecule has 0 atom stereocenters. The van der Waals surface area contributed by atoms with Crippen molar-refractivity contribution in [1.29, 1.82) is 0 Å². The number of anilines is 1. The fourth-order valence-electron chi connectivity index (χ4n) is 2.51. The first kappa shape index (κ1) is 16.6. The molecular weight excluding hydrogens is 338 g/mol. The molecule has 0 aliphatic rings. The number of aromatic nitrogens is 1. The lowest BCUT2D eigenvalue weighted by atomic mass is 10.1.